The molecule has 0 radical (unpaired) electrons. The van der Waals surface area contributed by atoms with Crippen molar-refractivity contribution in [1.29, 1.82) is 0 Å². The Hall–Kier alpha value is -6.90. The van der Waals surface area contributed by atoms with Crippen LogP contribution in [0.2, 0.25) is 0 Å². The lowest BCUT2D eigenvalue weighted by atomic mass is 10.0. The maximum atomic E-state index is 2.31. The molecule has 0 fully saturated rings. The van der Waals surface area contributed by atoms with Gasteiger partial charge < -0.3 is 9.13 Å². The molecular weight excluding hydrogens is 653 g/mol. The Labute approximate surface area is 315 Å². The zero-order valence-electron chi connectivity index (χ0n) is 30.4. The number of hydrogen-bond donors (Lipinski definition) is 0. The standard InChI is InChI=1S/C52H38N2/c1-53-49-31-43(37-9-5-3-6-10-37)21-25-47(49)33-51(53)45-23-19-39-27-35(15-17-41(39)29-45)13-14-36-16-18-42-30-46(24-20-40(42)28-36)52-34-48-26-22-44(32-50(48)54(52)2)38-11-7-4-8-12-38/h3-34H,1-2H3/b14-13+. The highest BCUT2D eigenvalue weighted by atomic mass is 14.9. The third-order valence-electron chi connectivity index (χ3n) is 11.1. The molecule has 0 atom stereocenters. The van der Waals surface area contributed by atoms with E-state index in [0.29, 0.717) is 0 Å². The van der Waals surface area contributed by atoms with Gasteiger partial charge in [0.1, 0.15) is 0 Å². The lowest BCUT2D eigenvalue weighted by Crippen LogP contribution is -1.91. The number of rotatable bonds is 6. The third-order valence-corrected chi connectivity index (χ3v) is 11.1. The predicted molar refractivity (Wildman–Crippen MR) is 232 cm³/mol. The van der Waals surface area contributed by atoms with Gasteiger partial charge in [0.15, 0.2) is 0 Å². The summed E-state index contributed by atoms with van der Waals surface area (Å²) < 4.78 is 4.63. The molecule has 0 bridgehead atoms. The quantitative estimate of drug-likeness (QED) is 0.154. The third kappa shape index (κ3) is 5.70. The molecule has 2 heteroatoms. The number of aromatic nitrogens is 2. The van der Waals surface area contributed by atoms with Gasteiger partial charge in [0.25, 0.3) is 0 Å². The van der Waals surface area contributed by atoms with Crippen molar-refractivity contribution in [3.8, 4) is 44.8 Å². The van der Waals surface area contributed by atoms with Crippen LogP contribution >= 0.6 is 0 Å². The molecule has 54 heavy (non-hydrogen) atoms. The summed E-state index contributed by atoms with van der Waals surface area (Å²) in [7, 11) is 4.34. The van der Waals surface area contributed by atoms with Crippen LogP contribution in [0.25, 0.3) is 100 Å². The molecule has 2 nitrogen and oxygen atoms in total. The van der Waals surface area contributed by atoms with Gasteiger partial charge in [-0.15, -0.1) is 0 Å². The van der Waals surface area contributed by atoms with Gasteiger partial charge in [-0.3, -0.25) is 0 Å². The summed E-state index contributed by atoms with van der Waals surface area (Å²) >= 11 is 0. The van der Waals surface area contributed by atoms with E-state index in [1.165, 1.54) is 99.2 Å². The summed E-state index contributed by atoms with van der Waals surface area (Å²) in [5.41, 5.74) is 14.7. The monoisotopic (exact) mass is 690 g/mol. The van der Waals surface area contributed by atoms with Crippen molar-refractivity contribution >= 4 is 55.5 Å². The van der Waals surface area contributed by atoms with Crippen LogP contribution in [0, 0.1) is 0 Å². The van der Waals surface area contributed by atoms with E-state index in [-0.39, 0.29) is 0 Å². The molecule has 0 amide bonds. The van der Waals surface area contributed by atoms with Gasteiger partial charge in [-0.1, -0.05) is 146 Å². The highest BCUT2D eigenvalue weighted by Crippen LogP contribution is 2.34. The highest BCUT2D eigenvalue weighted by Gasteiger charge is 2.12. The van der Waals surface area contributed by atoms with Gasteiger partial charge >= 0.3 is 0 Å². The largest absolute Gasteiger partial charge is 0.344 e. The Kier molecular flexibility index (Phi) is 7.63. The maximum Gasteiger partial charge on any atom is 0.0488 e. The van der Waals surface area contributed by atoms with Gasteiger partial charge in [-0.25, -0.2) is 0 Å². The van der Waals surface area contributed by atoms with E-state index < -0.39 is 0 Å². The first-order valence-electron chi connectivity index (χ1n) is 18.6. The average Bonchev–Trinajstić information content (AvgIpc) is 3.75. The zero-order valence-corrected chi connectivity index (χ0v) is 30.4. The molecule has 0 aliphatic rings. The topological polar surface area (TPSA) is 9.86 Å². The maximum absolute atomic E-state index is 2.31. The van der Waals surface area contributed by atoms with E-state index in [9.17, 15) is 0 Å². The van der Waals surface area contributed by atoms with E-state index in [0.717, 1.165) is 0 Å². The molecule has 8 aromatic carbocycles. The minimum Gasteiger partial charge on any atom is -0.344 e. The summed E-state index contributed by atoms with van der Waals surface area (Å²) in [5, 5.41) is 7.46. The van der Waals surface area contributed by atoms with Gasteiger partial charge in [-0.05, 0) is 115 Å². The van der Waals surface area contributed by atoms with Crippen molar-refractivity contribution in [1.82, 2.24) is 9.13 Å². The SMILES string of the molecule is Cn1c(-c2ccc3cc(/C=C/c4ccc5cc(-c6cc7ccc(-c8ccccc8)cc7n6C)ccc5c4)ccc3c2)cc2ccc(-c3ccccc3)cc21. The minimum atomic E-state index is 1.19. The van der Waals surface area contributed by atoms with Crippen molar-refractivity contribution in [2.24, 2.45) is 14.1 Å². The number of fused-ring (bicyclic) bond motifs is 4. The molecule has 2 aromatic heterocycles. The molecule has 0 saturated carbocycles. The molecule has 0 spiro atoms. The van der Waals surface area contributed by atoms with Crippen LogP contribution in [0.1, 0.15) is 11.1 Å². The summed E-state index contributed by atoms with van der Waals surface area (Å²) in [6, 6.07) is 66.4. The van der Waals surface area contributed by atoms with Crippen LogP contribution in [0.3, 0.4) is 0 Å². The fraction of sp³-hybridized carbons (Fsp3) is 0.0385. The zero-order chi connectivity index (χ0) is 36.2. The Balaban J connectivity index is 0.887. The second-order valence-corrected chi connectivity index (χ2v) is 14.4. The molecule has 256 valence electrons. The average molecular weight is 691 g/mol. The number of aryl methyl sites for hydroxylation is 2. The molecule has 0 unspecified atom stereocenters. The van der Waals surface area contributed by atoms with Gasteiger partial charge in [0.05, 0.1) is 0 Å². The van der Waals surface area contributed by atoms with E-state index in [1.807, 2.05) is 0 Å². The molecule has 0 aliphatic heterocycles. The second-order valence-electron chi connectivity index (χ2n) is 14.4. The molecule has 0 N–H and O–H groups in total. The lowest BCUT2D eigenvalue weighted by Gasteiger charge is -2.08. The first-order valence-corrected chi connectivity index (χ1v) is 18.6. The van der Waals surface area contributed by atoms with Crippen LogP contribution in [0.5, 0.6) is 0 Å². The summed E-state index contributed by atoms with van der Waals surface area (Å²) in [5.74, 6) is 0. The van der Waals surface area contributed by atoms with Crippen LogP contribution in [-0.2, 0) is 14.1 Å². The van der Waals surface area contributed by atoms with Crippen molar-refractivity contribution < 1.29 is 0 Å². The fourth-order valence-corrected chi connectivity index (χ4v) is 8.08. The van der Waals surface area contributed by atoms with Gasteiger partial charge in [0, 0.05) is 47.3 Å². The smallest absolute Gasteiger partial charge is 0.0488 e. The predicted octanol–water partition coefficient (Wildman–Crippen LogP) is 13.8. The van der Waals surface area contributed by atoms with Crippen molar-refractivity contribution in [3.63, 3.8) is 0 Å². The van der Waals surface area contributed by atoms with E-state index in [4.69, 9.17) is 0 Å². The van der Waals surface area contributed by atoms with E-state index >= 15 is 0 Å². The summed E-state index contributed by atoms with van der Waals surface area (Å²) in [4.78, 5) is 0. The Morgan fingerprint density at radius 2 is 0.667 bits per heavy atom. The van der Waals surface area contributed by atoms with Gasteiger partial charge in [0.2, 0.25) is 0 Å². The summed E-state index contributed by atoms with van der Waals surface area (Å²) in [6.07, 6.45) is 4.44. The van der Waals surface area contributed by atoms with Gasteiger partial charge in [-0.2, -0.15) is 0 Å². The molecule has 0 saturated heterocycles. The molecule has 0 aliphatic carbocycles. The Morgan fingerprint density at radius 1 is 0.296 bits per heavy atom. The van der Waals surface area contributed by atoms with E-state index in [2.05, 4.69) is 217 Å². The molecular formula is C52H38N2. The van der Waals surface area contributed by atoms with Crippen LogP contribution in [0.4, 0.5) is 0 Å². The first kappa shape index (κ1) is 31.8. The number of hydrogen-bond acceptors (Lipinski definition) is 0. The molecule has 10 aromatic rings. The summed E-state index contributed by atoms with van der Waals surface area (Å²) in [6.45, 7) is 0. The van der Waals surface area contributed by atoms with Crippen LogP contribution in [0.15, 0.2) is 182 Å². The van der Waals surface area contributed by atoms with Crippen molar-refractivity contribution in [2.45, 2.75) is 0 Å². The van der Waals surface area contributed by atoms with Crippen molar-refractivity contribution in [2.75, 3.05) is 0 Å². The normalized spacial score (nSPS) is 11.8. The molecule has 10 rings (SSSR count). The van der Waals surface area contributed by atoms with E-state index in [1.54, 1.807) is 0 Å². The number of nitrogens with zero attached hydrogens (tertiary/aromatic N) is 2. The Morgan fingerprint density at radius 3 is 1.11 bits per heavy atom. The molecule has 2 heterocycles. The van der Waals surface area contributed by atoms with Crippen molar-refractivity contribution in [3.05, 3.63) is 193 Å². The Bertz CT molecular complexity index is 2840. The second kappa shape index (κ2) is 12.9. The number of benzene rings is 8. The van der Waals surface area contributed by atoms with Crippen LogP contribution < -0.4 is 0 Å². The lowest BCUT2D eigenvalue weighted by molar-refractivity contribution is 0.979. The fourth-order valence-electron chi connectivity index (χ4n) is 8.08. The highest BCUT2D eigenvalue weighted by molar-refractivity contribution is 5.96. The first-order chi connectivity index (χ1) is 26.5. The van der Waals surface area contributed by atoms with Crippen LogP contribution in [-0.4, -0.2) is 9.13 Å². The minimum absolute atomic E-state index is 1.19.